The first-order chi connectivity index (χ1) is 8.72. The smallest absolute Gasteiger partial charge is 0.119 e. The van der Waals surface area contributed by atoms with Crippen LogP contribution in [0.4, 0.5) is 0 Å². The molecule has 1 unspecified atom stereocenters. The van der Waals surface area contributed by atoms with E-state index in [1.807, 2.05) is 12.1 Å². The predicted molar refractivity (Wildman–Crippen MR) is 77.5 cm³/mol. The van der Waals surface area contributed by atoms with Crippen LogP contribution in [0.2, 0.25) is 0 Å². The van der Waals surface area contributed by atoms with Crippen LogP contribution in [0.3, 0.4) is 0 Å². The molecule has 1 aromatic carbocycles. The first-order valence-electron chi connectivity index (χ1n) is 6.51. The van der Waals surface area contributed by atoms with E-state index in [2.05, 4.69) is 27.4 Å². The SMILES string of the molecule is COc1ccc(Br)c(CC(CC2CCC2)NN)c1. The molecule has 0 spiro atoms. The molecular formula is C14H21BrN2O. The maximum absolute atomic E-state index is 5.67. The molecule has 0 amide bonds. The van der Waals surface area contributed by atoms with Crippen LogP contribution in [0.1, 0.15) is 31.2 Å². The van der Waals surface area contributed by atoms with Gasteiger partial charge in [-0.3, -0.25) is 11.3 Å². The van der Waals surface area contributed by atoms with Crippen molar-refractivity contribution < 1.29 is 4.74 Å². The Labute approximate surface area is 117 Å². The molecule has 2 rings (SSSR count). The molecule has 1 aliphatic carbocycles. The van der Waals surface area contributed by atoms with Crippen LogP contribution in [0.15, 0.2) is 22.7 Å². The molecule has 0 saturated heterocycles. The highest BCUT2D eigenvalue weighted by Gasteiger charge is 2.22. The van der Waals surface area contributed by atoms with Crippen molar-refractivity contribution in [3.05, 3.63) is 28.2 Å². The Morgan fingerprint density at radius 2 is 2.28 bits per heavy atom. The Morgan fingerprint density at radius 3 is 2.83 bits per heavy atom. The molecule has 0 radical (unpaired) electrons. The number of rotatable bonds is 6. The summed E-state index contributed by atoms with van der Waals surface area (Å²) in [5, 5.41) is 0. The predicted octanol–water partition coefficient (Wildman–Crippen LogP) is 3.02. The van der Waals surface area contributed by atoms with Crippen molar-refractivity contribution in [2.24, 2.45) is 11.8 Å². The highest BCUT2D eigenvalue weighted by atomic mass is 79.9. The highest BCUT2D eigenvalue weighted by Crippen LogP contribution is 2.32. The summed E-state index contributed by atoms with van der Waals surface area (Å²) in [5.41, 5.74) is 4.20. The number of ether oxygens (including phenoxy) is 1. The molecule has 0 aliphatic heterocycles. The topological polar surface area (TPSA) is 47.3 Å². The van der Waals surface area contributed by atoms with Gasteiger partial charge in [0, 0.05) is 10.5 Å². The number of hydrogen-bond acceptors (Lipinski definition) is 3. The van der Waals surface area contributed by atoms with Gasteiger partial charge >= 0.3 is 0 Å². The monoisotopic (exact) mass is 312 g/mol. The first kappa shape index (κ1) is 13.8. The maximum Gasteiger partial charge on any atom is 0.119 e. The lowest BCUT2D eigenvalue weighted by atomic mass is 9.80. The molecule has 1 saturated carbocycles. The summed E-state index contributed by atoms with van der Waals surface area (Å²) in [6.07, 6.45) is 6.20. The third-order valence-corrected chi connectivity index (χ3v) is 4.57. The van der Waals surface area contributed by atoms with Gasteiger partial charge in [0.05, 0.1) is 7.11 Å². The van der Waals surface area contributed by atoms with Gasteiger partial charge in [0.15, 0.2) is 0 Å². The second kappa shape index (κ2) is 6.55. The van der Waals surface area contributed by atoms with Crippen molar-refractivity contribution in [2.45, 2.75) is 38.1 Å². The van der Waals surface area contributed by atoms with Crippen LogP contribution in [-0.2, 0) is 6.42 Å². The van der Waals surface area contributed by atoms with E-state index >= 15 is 0 Å². The number of hydrazine groups is 1. The number of nitrogens with two attached hydrogens (primary N) is 1. The van der Waals surface area contributed by atoms with Gasteiger partial charge in [-0.15, -0.1) is 0 Å². The second-order valence-electron chi connectivity index (χ2n) is 5.06. The number of methoxy groups -OCH3 is 1. The van der Waals surface area contributed by atoms with Crippen molar-refractivity contribution in [3.63, 3.8) is 0 Å². The maximum atomic E-state index is 5.67. The highest BCUT2D eigenvalue weighted by molar-refractivity contribution is 9.10. The van der Waals surface area contributed by atoms with E-state index in [1.54, 1.807) is 7.11 Å². The molecule has 0 heterocycles. The quantitative estimate of drug-likeness (QED) is 0.627. The summed E-state index contributed by atoms with van der Waals surface area (Å²) in [4.78, 5) is 0. The molecule has 3 N–H and O–H groups in total. The molecule has 0 bridgehead atoms. The molecule has 100 valence electrons. The van der Waals surface area contributed by atoms with Crippen LogP contribution >= 0.6 is 15.9 Å². The standard InChI is InChI=1S/C14H21BrN2O/c1-18-13-5-6-14(15)11(9-13)8-12(17-16)7-10-3-2-4-10/h5-6,9-10,12,17H,2-4,7-8,16H2,1H3. The van der Waals surface area contributed by atoms with Gasteiger partial charge in [-0.1, -0.05) is 35.2 Å². The summed E-state index contributed by atoms with van der Waals surface area (Å²) in [6.45, 7) is 0. The number of nitrogens with one attached hydrogen (secondary N) is 1. The molecule has 1 atom stereocenters. The number of benzene rings is 1. The molecule has 1 aliphatic rings. The Morgan fingerprint density at radius 1 is 1.50 bits per heavy atom. The zero-order valence-electron chi connectivity index (χ0n) is 10.8. The fraction of sp³-hybridized carbons (Fsp3) is 0.571. The third-order valence-electron chi connectivity index (χ3n) is 3.80. The Kier molecular flexibility index (Phi) is 5.03. The van der Waals surface area contributed by atoms with Crippen LogP contribution in [0, 0.1) is 5.92 Å². The molecule has 4 heteroatoms. The summed E-state index contributed by atoms with van der Waals surface area (Å²) in [7, 11) is 1.69. The lowest BCUT2D eigenvalue weighted by Gasteiger charge is -2.29. The lowest BCUT2D eigenvalue weighted by molar-refractivity contribution is 0.259. The summed E-state index contributed by atoms with van der Waals surface area (Å²) < 4.78 is 6.39. The van der Waals surface area contributed by atoms with Gasteiger partial charge in [-0.2, -0.15) is 0 Å². The third kappa shape index (κ3) is 3.46. The normalized spacial score (nSPS) is 17.3. The van der Waals surface area contributed by atoms with E-state index < -0.39 is 0 Å². The molecule has 3 nitrogen and oxygen atoms in total. The van der Waals surface area contributed by atoms with Crippen molar-refractivity contribution in [3.8, 4) is 5.75 Å². The Hall–Kier alpha value is -0.580. The molecule has 1 fully saturated rings. The van der Waals surface area contributed by atoms with Crippen LogP contribution < -0.4 is 16.0 Å². The van der Waals surface area contributed by atoms with Gasteiger partial charge < -0.3 is 4.74 Å². The average molecular weight is 313 g/mol. The Bertz CT molecular complexity index is 393. The minimum atomic E-state index is 0.346. The van der Waals surface area contributed by atoms with Crippen LogP contribution in [0.5, 0.6) is 5.75 Å². The van der Waals surface area contributed by atoms with E-state index in [-0.39, 0.29) is 0 Å². The number of halogens is 1. The Balaban J connectivity index is 2.00. The summed E-state index contributed by atoms with van der Waals surface area (Å²) >= 11 is 3.59. The minimum absolute atomic E-state index is 0.346. The largest absolute Gasteiger partial charge is 0.497 e. The van der Waals surface area contributed by atoms with E-state index in [0.29, 0.717) is 6.04 Å². The second-order valence-corrected chi connectivity index (χ2v) is 5.91. The lowest BCUT2D eigenvalue weighted by Crippen LogP contribution is -2.39. The first-order valence-corrected chi connectivity index (χ1v) is 7.30. The average Bonchev–Trinajstić information content (AvgIpc) is 2.34. The summed E-state index contributed by atoms with van der Waals surface area (Å²) in [5.74, 6) is 7.42. The van der Waals surface area contributed by atoms with E-state index in [9.17, 15) is 0 Å². The van der Waals surface area contributed by atoms with Gasteiger partial charge in [-0.25, -0.2) is 0 Å². The summed E-state index contributed by atoms with van der Waals surface area (Å²) in [6, 6.07) is 6.42. The van der Waals surface area contributed by atoms with Gasteiger partial charge in [0.2, 0.25) is 0 Å². The molecule has 0 aromatic heterocycles. The minimum Gasteiger partial charge on any atom is -0.497 e. The van der Waals surface area contributed by atoms with Gasteiger partial charge in [0.1, 0.15) is 5.75 Å². The molecule has 1 aromatic rings. The molecular weight excluding hydrogens is 292 g/mol. The fourth-order valence-corrected chi connectivity index (χ4v) is 2.85. The van der Waals surface area contributed by atoms with Crippen molar-refractivity contribution >= 4 is 15.9 Å². The zero-order chi connectivity index (χ0) is 13.0. The molecule has 18 heavy (non-hydrogen) atoms. The van der Waals surface area contributed by atoms with E-state index in [1.165, 1.54) is 31.2 Å². The zero-order valence-corrected chi connectivity index (χ0v) is 12.4. The van der Waals surface area contributed by atoms with Gasteiger partial charge in [0.25, 0.3) is 0 Å². The van der Waals surface area contributed by atoms with Crippen molar-refractivity contribution in [1.82, 2.24) is 5.43 Å². The number of hydrogen-bond donors (Lipinski definition) is 2. The van der Waals surface area contributed by atoms with E-state index in [4.69, 9.17) is 10.6 Å². The van der Waals surface area contributed by atoms with Crippen LogP contribution in [-0.4, -0.2) is 13.2 Å². The van der Waals surface area contributed by atoms with Crippen molar-refractivity contribution in [2.75, 3.05) is 7.11 Å². The van der Waals surface area contributed by atoms with Crippen molar-refractivity contribution in [1.29, 1.82) is 0 Å². The van der Waals surface area contributed by atoms with Crippen LogP contribution in [0.25, 0.3) is 0 Å². The van der Waals surface area contributed by atoms with E-state index in [0.717, 1.165) is 22.6 Å². The fourth-order valence-electron chi connectivity index (χ4n) is 2.44. The van der Waals surface area contributed by atoms with Gasteiger partial charge in [-0.05, 0) is 42.5 Å².